The number of carbonyl (C=O) groups excluding carboxylic acids is 1. The molecule has 0 spiro atoms. The summed E-state index contributed by atoms with van der Waals surface area (Å²) in [5.41, 5.74) is 0.932. The molecule has 0 aliphatic carbocycles. The molecule has 1 aromatic carbocycles. The molecule has 0 radical (unpaired) electrons. The number of ether oxygens (including phenoxy) is 1. The zero-order valence-electron chi connectivity index (χ0n) is 10.1. The molecule has 1 saturated heterocycles. The summed E-state index contributed by atoms with van der Waals surface area (Å²) in [6.07, 6.45) is 3.07. The summed E-state index contributed by atoms with van der Waals surface area (Å²) in [7, 11) is 0. The second kappa shape index (κ2) is 6.55. The van der Waals surface area contributed by atoms with Crippen LogP contribution in [0.1, 0.15) is 24.8 Å². The average molecular weight is 287 g/mol. The zero-order valence-corrected chi connectivity index (χ0v) is 11.6. The molecule has 0 atom stereocenters. The van der Waals surface area contributed by atoms with Gasteiger partial charge in [-0.1, -0.05) is 29.3 Å². The smallest absolute Gasteiger partial charge is 0.137 e. The van der Waals surface area contributed by atoms with Crippen molar-refractivity contribution in [2.75, 3.05) is 13.2 Å². The minimum Gasteiger partial charge on any atom is -0.381 e. The number of Topliss-reactive ketones (excluding diaryl/α,β-unsaturated/α-hetero) is 1. The highest BCUT2D eigenvalue weighted by Crippen LogP contribution is 2.24. The van der Waals surface area contributed by atoms with Crippen LogP contribution >= 0.6 is 23.2 Å². The van der Waals surface area contributed by atoms with Gasteiger partial charge in [0.15, 0.2) is 0 Å². The largest absolute Gasteiger partial charge is 0.381 e. The lowest BCUT2D eigenvalue weighted by atomic mass is 9.92. The van der Waals surface area contributed by atoms with Gasteiger partial charge in [-0.2, -0.15) is 0 Å². The number of rotatable bonds is 4. The fourth-order valence-electron chi connectivity index (χ4n) is 2.22. The van der Waals surface area contributed by atoms with E-state index in [0.717, 1.165) is 31.6 Å². The van der Waals surface area contributed by atoms with Crippen LogP contribution in [0, 0.1) is 5.92 Å². The highest BCUT2D eigenvalue weighted by molar-refractivity contribution is 6.42. The molecule has 1 fully saturated rings. The number of ketones is 1. The van der Waals surface area contributed by atoms with Crippen LogP contribution in [0.25, 0.3) is 0 Å². The van der Waals surface area contributed by atoms with Crippen LogP contribution in [0.15, 0.2) is 18.2 Å². The molecule has 0 bridgehead atoms. The summed E-state index contributed by atoms with van der Waals surface area (Å²) in [4.78, 5) is 12.0. The van der Waals surface area contributed by atoms with Crippen molar-refractivity contribution in [2.45, 2.75) is 25.7 Å². The fourth-order valence-corrected chi connectivity index (χ4v) is 2.54. The molecule has 1 aliphatic rings. The molecule has 1 aliphatic heterocycles. The van der Waals surface area contributed by atoms with Gasteiger partial charge in [0.2, 0.25) is 0 Å². The third-order valence-electron chi connectivity index (χ3n) is 3.24. The van der Waals surface area contributed by atoms with Crippen molar-refractivity contribution < 1.29 is 9.53 Å². The van der Waals surface area contributed by atoms with E-state index in [1.807, 2.05) is 6.07 Å². The Morgan fingerprint density at radius 2 is 1.94 bits per heavy atom. The quantitative estimate of drug-likeness (QED) is 0.839. The number of hydrogen-bond donors (Lipinski definition) is 0. The maximum absolute atomic E-state index is 12.0. The molecule has 98 valence electrons. The van der Waals surface area contributed by atoms with Gasteiger partial charge in [0.05, 0.1) is 10.0 Å². The topological polar surface area (TPSA) is 26.3 Å². The van der Waals surface area contributed by atoms with Crippen LogP contribution < -0.4 is 0 Å². The van der Waals surface area contributed by atoms with Gasteiger partial charge in [0.1, 0.15) is 5.78 Å². The van der Waals surface area contributed by atoms with Crippen molar-refractivity contribution in [3.8, 4) is 0 Å². The number of carbonyl (C=O) groups is 1. The minimum atomic E-state index is 0.264. The Balaban J connectivity index is 1.88. The number of hydrogen-bond acceptors (Lipinski definition) is 2. The zero-order chi connectivity index (χ0) is 13.0. The van der Waals surface area contributed by atoms with E-state index >= 15 is 0 Å². The standard InChI is InChI=1S/C14H16Cl2O2/c15-13-2-1-11(9-14(13)16)8-12(17)7-10-3-5-18-6-4-10/h1-2,9-10H,3-8H2. The molecule has 0 amide bonds. The summed E-state index contributed by atoms with van der Waals surface area (Å²) < 4.78 is 5.29. The molecule has 2 nitrogen and oxygen atoms in total. The first kappa shape index (κ1) is 13.9. The van der Waals surface area contributed by atoms with Gasteiger partial charge in [-0.15, -0.1) is 0 Å². The van der Waals surface area contributed by atoms with Crippen LogP contribution in [-0.2, 0) is 16.0 Å². The van der Waals surface area contributed by atoms with Crippen molar-refractivity contribution in [1.82, 2.24) is 0 Å². The molecule has 0 N–H and O–H groups in total. The summed E-state index contributed by atoms with van der Waals surface area (Å²) in [5.74, 6) is 0.745. The van der Waals surface area contributed by atoms with Crippen LogP contribution in [0.4, 0.5) is 0 Å². The van der Waals surface area contributed by atoms with Crippen molar-refractivity contribution >= 4 is 29.0 Å². The van der Waals surface area contributed by atoms with Crippen molar-refractivity contribution in [3.05, 3.63) is 33.8 Å². The fraction of sp³-hybridized carbons (Fsp3) is 0.500. The van der Waals surface area contributed by atoms with E-state index in [4.69, 9.17) is 27.9 Å². The van der Waals surface area contributed by atoms with E-state index in [1.54, 1.807) is 12.1 Å². The molecule has 0 unspecified atom stereocenters. The van der Waals surface area contributed by atoms with Crippen molar-refractivity contribution in [1.29, 1.82) is 0 Å². The Bertz CT molecular complexity index is 426. The average Bonchev–Trinajstić information content (AvgIpc) is 2.35. The van der Waals surface area contributed by atoms with Gasteiger partial charge in [0.25, 0.3) is 0 Å². The Morgan fingerprint density at radius 3 is 2.61 bits per heavy atom. The maximum atomic E-state index is 12.0. The molecule has 18 heavy (non-hydrogen) atoms. The summed E-state index contributed by atoms with van der Waals surface area (Å²) in [6, 6.07) is 5.36. The van der Waals surface area contributed by atoms with Crippen LogP contribution in [0.3, 0.4) is 0 Å². The number of halogens is 2. The minimum absolute atomic E-state index is 0.264. The predicted molar refractivity (Wildman–Crippen MR) is 73.3 cm³/mol. The monoisotopic (exact) mass is 286 g/mol. The normalized spacial score (nSPS) is 16.8. The SMILES string of the molecule is O=C(Cc1ccc(Cl)c(Cl)c1)CC1CCOCC1. The first-order valence-corrected chi connectivity index (χ1v) is 6.94. The van der Waals surface area contributed by atoms with Gasteiger partial charge in [0, 0.05) is 26.1 Å². The van der Waals surface area contributed by atoms with Gasteiger partial charge >= 0.3 is 0 Å². The van der Waals surface area contributed by atoms with E-state index in [9.17, 15) is 4.79 Å². The first-order valence-electron chi connectivity index (χ1n) is 6.18. The second-order valence-electron chi connectivity index (χ2n) is 4.72. The van der Waals surface area contributed by atoms with Crippen LogP contribution in [0.5, 0.6) is 0 Å². The van der Waals surface area contributed by atoms with Gasteiger partial charge in [-0.3, -0.25) is 4.79 Å². The molecule has 1 aromatic rings. The lowest BCUT2D eigenvalue weighted by molar-refractivity contribution is -0.120. The molecular formula is C14H16Cl2O2. The lowest BCUT2D eigenvalue weighted by Gasteiger charge is -2.21. The molecule has 4 heteroatoms. The van der Waals surface area contributed by atoms with Crippen molar-refractivity contribution in [2.24, 2.45) is 5.92 Å². The summed E-state index contributed by atoms with van der Waals surface area (Å²) >= 11 is 11.8. The second-order valence-corrected chi connectivity index (χ2v) is 5.54. The molecule has 0 saturated carbocycles. The summed E-state index contributed by atoms with van der Waals surface area (Å²) in [6.45, 7) is 1.56. The highest BCUT2D eigenvalue weighted by atomic mass is 35.5. The van der Waals surface area contributed by atoms with Gasteiger partial charge in [-0.05, 0) is 36.5 Å². The first-order chi connectivity index (χ1) is 8.65. The van der Waals surface area contributed by atoms with E-state index in [0.29, 0.717) is 28.8 Å². The predicted octanol–water partition coefficient (Wildman–Crippen LogP) is 3.92. The van der Waals surface area contributed by atoms with E-state index < -0.39 is 0 Å². The van der Waals surface area contributed by atoms with E-state index in [-0.39, 0.29) is 5.78 Å². The Hall–Kier alpha value is -0.570. The summed E-state index contributed by atoms with van der Waals surface area (Å²) in [5, 5.41) is 1.03. The number of benzene rings is 1. The highest BCUT2D eigenvalue weighted by Gasteiger charge is 2.17. The van der Waals surface area contributed by atoms with E-state index in [1.165, 1.54) is 0 Å². The molecule has 0 aromatic heterocycles. The maximum Gasteiger partial charge on any atom is 0.137 e. The Morgan fingerprint density at radius 1 is 1.22 bits per heavy atom. The lowest BCUT2D eigenvalue weighted by Crippen LogP contribution is -2.19. The van der Waals surface area contributed by atoms with Gasteiger partial charge in [-0.25, -0.2) is 0 Å². The van der Waals surface area contributed by atoms with Crippen molar-refractivity contribution in [3.63, 3.8) is 0 Å². The third kappa shape index (κ3) is 3.98. The van der Waals surface area contributed by atoms with Gasteiger partial charge < -0.3 is 4.74 Å². The molecule has 1 heterocycles. The van der Waals surface area contributed by atoms with Crippen LogP contribution in [0.2, 0.25) is 10.0 Å². The molecular weight excluding hydrogens is 271 g/mol. The van der Waals surface area contributed by atoms with Crippen LogP contribution in [-0.4, -0.2) is 19.0 Å². The Kier molecular flexibility index (Phi) is 5.04. The Labute approximate surface area is 117 Å². The third-order valence-corrected chi connectivity index (χ3v) is 3.98. The van der Waals surface area contributed by atoms with E-state index in [2.05, 4.69) is 0 Å². The molecule has 2 rings (SSSR count).